The summed E-state index contributed by atoms with van der Waals surface area (Å²) in [6.07, 6.45) is 2.84. The molecule has 0 spiro atoms. The van der Waals surface area contributed by atoms with Crippen molar-refractivity contribution >= 4 is 26.7 Å². The molecule has 0 saturated carbocycles. The topological polar surface area (TPSA) is 97.8 Å². The molecule has 2 aromatic heterocycles. The van der Waals surface area contributed by atoms with Crippen LogP contribution in [0, 0.1) is 6.92 Å². The summed E-state index contributed by atoms with van der Waals surface area (Å²) < 4.78 is 37.7. The molecule has 9 nitrogen and oxygen atoms in total. The van der Waals surface area contributed by atoms with E-state index < -0.39 is 10.0 Å². The maximum atomic E-state index is 12.2. The lowest BCUT2D eigenvalue weighted by Gasteiger charge is -2.31. The molecule has 3 aromatic rings. The Hall–Kier alpha value is -2.82. The van der Waals surface area contributed by atoms with E-state index in [1.807, 2.05) is 26.2 Å². The lowest BCUT2D eigenvalue weighted by molar-refractivity contribution is -0.0253. The number of aromatic nitrogens is 3. The Morgan fingerprint density at radius 2 is 2.00 bits per heavy atom. The molecule has 0 bridgehead atoms. The Morgan fingerprint density at radius 3 is 2.73 bits per heavy atom. The number of morpholine rings is 1. The van der Waals surface area contributed by atoms with Crippen molar-refractivity contribution in [2.45, 2.75) is 20.0 Å². The van der Waals surface area contributed by atoms with Gasteiger partial charge in [-0.25, -0.2) is 18.4 Å². The van der Waals surface area contributed by atoms with E-state index >= 15 is 0 Å². The highest BCUT2D eigenvalue weighted by Gasteiger charge is 2.29. The van der Waals surface area contributed by atoms with E-state index in [2.05, 4.69) is 33.9 Å². The summed E-state index contributed by atoms with van der Waals surface area (Å²) in [5, 5.41) is 0. The van der Waals surface area contributed by atoms with Crippen LogP contribution in [0.5, 0.6) is 5.88 Å². The third-order valence-electron chi connectivity index (χ3n) is 5.66. The molecule has 0 unspecified atom stereocenters. The number of pyridine rings is 1. The standard InChI is InChI=1S/C23H29N5O4S/c1-5-33(29,30)28-10-11-31-18(14-28)15-32-23-22-20(24-8-9-25-22)13-19(26-23)17-6-7-21(27(3)4)16(2)12-17/h6-9,12-13,18H,5,10-11,14-15H2,1-4H3/t18-/m0/s1. The number of fused-ring (bicyclic) bond motifs is 1. The largest absolute Gasteiger partial charge is 0.473 e. The highest BCUT2D eigenvalue weighted by Crippen LogP contribution is 2.30. The minimum atomic E-state index is -3.27. The number of ether oxygens (including phenoxy) is 2. The normalized spacial score (nSPS) is 17.3. The van der Waals surface area contributed by atoms with E-state index in [0.29, 0.717) is 30.1 Å². The van der Waals surface area contributed by atoms with E-state index in [9.17, 15) is 8.42 Å². The number of anilines is 1. The zero-order chi connectivity index (χ0) is 23.6. The molecule has 33 heavy (non-hydrogen) atoms. The van der Waals surface area contributed by atoms with Crippen molar-refractivity contribution in [2.24, 2.45) is 0 Å². The molecule has 1 aromatic carbocycles. The number of aryl methyl sites for hydroxylation is 1. The van der Waals surface area contributed by atoms with Crippen molar-refractivity contribution in [2.75, 3.05) is 51.1 Å². The molecule has 4 rings (SSSR count). The van der Waals surface area contributed by atoms with Gasteiger partial charge >= 0.3 is 0 Å². The first kappa shape index (κ1) is 23.3. The van der Waals surface area contributed by atoms with E-state index in [4.69, 9.17) is 14.5 Å². The Bertz CT molecular complexity index is 1250. The summed E-state index contributed by atoms with van der Waals surface area (Å²) in [7, 11) is 0.752. The quantitative estimate of drug-likeness (QED) is 0.518. The first-order valence-corrected chi connectivity index (χ1v) is 12.5. The smallest absolute Gasteiger partial charge is 0.242 e. The second-order valence-corrected chi connectivity index (χ2v) is 10.5. The molecule has 1 fully saturated rings. The summed E-state index contributed by atoms with van der Waals surface area (Å²) >= 11 is 0. The number of hydrogen-bond acceptors (Lipinski definition) is 8. The van der Waals surface area contributed by atoms with Crippen molar-refractivity contribution in [3.8, 4) is 17.1 Å². The van der Waals surface area contributed by atoms with Crippen molar-refractivity contribution in [1.82, 2.24) is 19.3 Å². The second-order valence-electron chi connectivity index (χ2n) is 8.19. The maximum absolute atomic E-state index is 12.2. The van der Waals surface area contributed by atoms with E-state index in [0.717, 1.165) is 22.5 Å². The summed E-state index contributed by atoms with van der Waals surface area (Å²) in [6, 6.07) is 8.06. The SMILES string of the molecule is CCS(=O)(=O)N1CCO[C@H](COc2nc(-c3ccc(N(C)C)c(C)c3)cc3nccnc23)C1. The molecule has 1 saturated heterocycles. The van der Waals surface area contributed by atoms with Crippen LogP contribution in [-0.2, 0) is 14.8 Å². The van der Waals surface area contributed by atoms with Crippen molar-refractivity contribution in [3.63, 3.8) is 0 Å². The van der Waals surface area contributed by atoms with Gasteiger partial charge in [-0.3, -0.25) is 4.98 Å². The van der Waals surface area contributed by atoms with Crippen LogP contribution >= 0.6 is 0 Å². The zero-order valence-corrected chi connectivity index (χ0v) is 20.2. The molecule has 3 heterocycles. The number of hydrogen-bond donors (Lipinski definition) is 0. The van der Waals surface area contributed by atoms with Gasteiger partial charge in [0.05, 0.1) is 23.6 Å². The van der Waals surface area contributed by atoms with Crippen molar-refractivity contribution in [1.29, 1.82) is 0 Å². The van der Waals surface area contributed by atoms with E-state index in [-0.39, 0.29) is 25.0 Å². The van der Waals surface area contributed by atoms with Crippen LogP contribution in [0.2, 0.25) is 0 Å². The van der Waals surface area contributed by atoms with Gasteiger partial charge in [-0.1, -0.05) is 6.07 Å². The summed E-state index contributed by atoms with van der Waals surface area (Å²) in [5.74, 6) is 0.417. The molecule has 176 valence electrons. The Balaban J connectivity index is 1.61. The van der Waals surface area contributed by atoms with Gasteiger partial charge in [-0.15, -0.1) is 0 Å². The second kappa shape index (κ2) is 9.58. The van der Waals surface area contributed by atoms with E-state index in [1.54, 1.807) is 19.3 Å². The molecule has 0 radical (unpaired) electrons. The average Bonchev–Trinajstić information content (AvgIpc) is 2.82. The van der Waals surface area contributed by atoms with Crippen molar-refractivity contribution in [3.05, 3.63) is 42.2 Å². The molecule has 1 aliphatic rings. The molecule has 0 amide bonds. The molecule has 0 aliphatic carbocycles. The van der Waals surface area contributed by atoms with Crippen LogP contribution in [0.1, 0.15) is 12.5 Å². The minimum Gasteiger partial charge on any atom is -0.473 e. The summed E-state index contributed by atoms with van der Waals surface area (Å²) in [4.78, 5) is 15.6. The molecule has 1 atom stereocenters. The van der Waals surface area contributed by atoms with Crippen molar-refractivity contribution < 1.29 is 17.9 Å². The fourth-order valence-electron chi connectivity index (χ4n) is 3.91. The fraction of sp³-hybridized carbons (Fsp3) is 0.435. The molecule has 0 N–H and O–H groups in total. The van der Waals surface area contributed by atoms with Crippen LogP contribution in [0.4, 0.5) is 5.69 Å². The van der Waals surface area contributed by atoms with Gasteiger partial charge in [0.2, 0.25) is 15.9 Å². The van der Waals surface area contributed by atoms with Gasteiger partial charge in [0.1, 0.15) is 12.7 Å². The number of sulfonamides is 1. The summed E-state index contributed by atoms with van der Waals surface area (Å²) in [6.45, 7) is 4.81. The predicted molar refractivity (Wildman–Crippen MR) is 128 cm³/mol. The Labute approximate surface area is 194 Å². The lowest BCUT2D eigenvalue weighted by atomic mass is 10.1. The van der Waals surface area contributed by atoms with Crippen LogP contribution in [0.15, 0.2) is 36.7 Å². The Kier molecular flexibility index (Phi) is 6.78. The molecule has 1 aliphatic heterocycles. The van der Waals surface area contributed by atoms with Gasteiger partial charge in [0, 0.05) is 50.8 Å². The third-order valence-corrected chi connectivity index (χ3v) is 7.51. The number of rotatable bonds is 7. The molecular weight excluding hydrogens is 442 g/mol. The monoisotopic (exact) mass is 471 g/mol. The molecular formula is C23H29N5O4S. The van der Waals surface area contributed by atoms with Crippen LogP contribution in [0.3, 0.4) is 0 Å². The van der Waals surface area contributed by atoms with E-state index in [1.165, 1.54) is 4.31 Å². The first-order valence-electron chi connectivity index (χ1n) is 10.9. The van der Waals surface area contributed by atoms with Gasteiger partial charge in [-0.05, 0) is 37.6 Å². The number of benzene rings is 1. The van der Waals surface area contributed by atoms with Crippen LogP contribution in [-0.4, -0.2) is 79.9 Å². The average molecular weight is 472 g/mol. The van der Waals surface area contributed by atoms with Crippen LogP contribution < -0.4 is 9.64 Å². The first-order chi connectivity index (χ1) is 15.8. The highest BCUT2D eigenvalue weighted by atomic mass is 32.2. The van der Waals surface area contributed by atoms with Gasteiger partial charge in [0.25, 0.3) is 0 Å². The highest BCUT2D eigenvalue weighted by molar-refractivity contribution is 7.89. The Morgan fingerprint density at radius 1 is 1.21 bits per heavy atom. The summed E-state index contributed by atoms with van der Waals surface area (Å²) in [5.41, 5.74) is 5.17. The van der Waals surface area contributed by atoms with Crippen LogP contribution in [0.25, 0.3) is 22.3 Å². The maximum Gasteiger partial charge on any atom is 0.242 e. The third kappa shape index (κ3) is 5.07. The lowest BCUT2D eigenvalue weighted by Crippen LogP contribution is -2.48. The predicted octanol–water partition coefficient (Wildman–Crippen LogP) is 2.50. The molecule has 10 heteroatoms. The minimum absolute atomic E-state index is 0.0659. The number of nitrogens with zero attached hydrogens (tertiary/aromatic N) is 5. The zero-order valence-electron chi connectivity index (χ0n) is 19.4. The fourth-order valence-corrected chi connectivity index (χ4v) is 5.02. The van der Waals surface area contributed by atoms with Gasteiger partial charge in [0.15, 0.2) is 5.52 Å². The van der Waals surface area contributed by atoms with Gasteiger partial charge in [-0.2, -0.15) is 4.31 Å². The van der Waals surface area contributed by atoms with Gasteiger partial charge < -0.3 is 14.4 Å².